The average molecular weight is 503 g/mol. The molecule has 2 aromatic rings. The molecule has 0 N–H and O–H groups in total. The highest BCUT2D eigenvalue weighted by Crippen LogP contribution is 2.60. The molecule has 1 heterocycles. The first-order chi connectivity index (χ1) is 17.7. The summed E-state index contributed by atoms with van der Waals surface area (Å²) in [5, 5.41) is 0. The minimum absolute atomic E-state index is 0.305. The van der Waals surface area contributed by atoms with Gasteiger partial charge in [0.05, 0.1) is 5.41 Å². The van der Waals surface area contributed by atoms with E-state index < -0.39 is 17.0 Å². The number of esters is 2. The summed E-state index contributed by atoms with van der Waals surface area (Å²) in [6, 6.07) is 10.1. The third-order valence-electron chi connectivity index (χ3n) is 9.80. The Bertz CT molecular complexity index is 1210. The molecule has 5 heteroatoms. The van der Waals surface area contributed by atoms with Gasteiger partial charge in [0, 0.05) is 12.0 Å². The van der Waals surface area contributed by atoms with E-state index >= 15 is 0 Å². The zero-order chi connectivity index (χ0) is 25.9. The van der Waals surface area contributed by atoms with Gasteiger partial charge in [-0.15, -0.1) is 0 Å². The van der Waals surface area contributed by atoms with E-state index in [4.69, 9.17) is 14.2 Å². The van der Waals surface area contributed by atoms with Crippen LogP contribution in [0.4, 0.5) is 0 Å². The van der Waals surface area contributed by atoms with Crippen LogP contribution in [0.5, 0.6) is 11.5 Å². The van der Waals surface area contributed by atoms with Gasteiger partial charge in [-0.05, 0) is 113 Å². The maximum Gasteiger partial charge on any atom is 0.357 e. The lowest BCUT2D eigenvalue weighted by atomic mass is 9.49. The molecule has 1 atom stereocenters. The van der Waals surface area contributed by atoms with Gasteiger partial charge in [0.15, 0.2) is 0 Å². The Labute approximate surface area is 219 Å². The van der Waals surface area contributed by atoms with Gasteiger partial charge in [0.1, 0.15) is 18.1 Å². The maximum absolute atomic E-state index is 13.4. The summed E-state index contributed by atoms with van der Waals surface area (Å²) >= 11 is 0. The molecule has 0 spiro atoms. The summed E-state index contributed by atoms with van der Waals surface area (Å²) < 4.78 is 18.4. The fourth-order valence-corrected chi connectivity index (χ4v) is 7.99. The van der Waals surface area contributed by atoms with Crippen LogP contribution in [0, 0.1) is 43.9 Å². The number of ether oxygens (including phenoxy) is 3. The zero-order valence-electron chi connectivity index (χ0n) is 22.5. The molecule has 4 saturated carbocycles. The quantitative estimate of drug-likeness (QED) is 0.342. The van der Waals surface area contributed by atoms with Gasteiger partial charge < -0.3 is 14.2 Å². The smallest absolute Gasteiger partial charge is 0.357 e. The maximum atomic E-state index is 13.4. The van der Waals surface area contributed by atoms with E-state index in [1.165, 1.54) is 19.3 Å². The summed E-state index contributed by atoms with van der Waals surface area (Å²) in [4.78, 5) is 26.9. The fraction of sp³-hybridized carbons (Fsp3) is 0.562. The first-order valence-electron chi connectivity index (χ1n) is 13.9. The molecule has 196 valence electrons. The van der Waals surface area contributed by atoms with Crippen molar-refractivity contribution in [3.63, 3.8) is 0 Å². The minimum atomic E-state index is -1.18. The lowest BCUT2D eigenvalue weighted by Gasteiger charge is -2.55. The fourth-order valence-electron chi connectivity index (χ4n) is 7.99. The second-order valence-electron chi connectivity index (χ2n) is 12.5. The van der Waals surface area contributed by atoms with Crippen molar-refractivity contribution in [1.82, 2.24) is 0 Å². The van der Waals surface area contributed by atoms with Gasteiger partial charge in [-0.2, -0.15) is 0 Å². The van der Waals surface area contributed by atoms with Gasteiger partial charge >= 0.3 is 11.9 Å². The van der Waals surface area contributed by atoms with Crippen LogP contribution in [0.3, 0.4) is 0 Å². The van der Waals surface area contributed by atoms with Crippen LogP contribution in [0.15, 0.2) is 30.3 Å². The molecule has 5 nitrogen and oxygen atoms in total. The van der Waals surface area contributed by atoms with Crippen LogP contribution < -0.4 is 9.47 Å². The molecule has 4 fully saturated rings. The van der Waals surface area contributed by atoms with Crippen molar-refractivity contribution < 1.29 is 23.8 Å². The first kappa shape index (κ1) is 24.5. The van der Waals surface area contributed by atoms with Crippen LogP contribution >= 0.6 is 0 Å². The Morgan fingerprint density at radius 3 is 2.14 bits per heavy atom. The molecule has 4 bridgehead atoms. The second-order valence-corrected chi connectivity index (χ2v) is 12.5. The van der Waals surface area contributed by atoms with Gasteiger partial charge in [0.25, 0.3) is 0 Å². The molecule has 1 unspecified atom stereocenters. The SMILES string of the molecule is Cc1c(C)c2c(c(C)c1OCc1ccccc1)CCC(C)(C(=O)OC(=O)C13CC4CC(CC(C4)C1)C3)O2. The van der Waals surface area contributed by atoms with Gasteiger partial charge in [-0.25, -0.2) is 4.79 Å². The van der Waals surface area contributed by atoms with Crippen LogP contribution in [0.2, 0.25) is 0 Å². The topological polar surface area (TPSA) is 61.8 Å². The molecule has 0 radical (unpaired) electrons. The third kappa shape index (κ3) is 4.15. The number of rotatable bonds is 5. The standard InChI is InChI=1S/C32H38O5/c1-19-20(2)28-26(21(3)27(19)35-18-22-8-6-5-7-9-22)10-11-31(4,37-28)29(33)36-30(34)32-15-23-12-24(16-32)14-25(13-23)17-32/h5-9,23-25H,10-18H2,1-4H3. The van der Waals surface area contributed by atoms with Crippen molar-refractivity contribution in [2.45, 2.75) is 91.3 Å². The predicted octanol–water partition coefficient (Wildman–Crippen LogP) is 6.56. The number of hydrogen-bond donors (Lipinski definition) is 0. The molecule has 0 aromatic heterocycles. The Morgan fingerprint density at radius 1 is 0.892 bits per heavy atom. The lowest BCUT2D eigenvalue weighted by Crippen LogP contribution is -2.53. The van der Waals surface area contributed by atoms with E-state index in [0.29, 0.717) is 37.2 Å². The Kier molecular flexibility index (Phi) is 5.89. The van der Waals surface area contributed by atoms with Crippen molar-refractivity contribution in [3.8, 4) is 11.5 Å². The number of fused-ring (bicyclic) bond motifs is 1. The van der Waals surface area contributed by atoms with Crippen LogP contribution in [-0.4, -0.2) is 17.5 Å². The molecule has 0 amide bonds. The van der Waals surface area contributed by atoms with Crippen LogP contribution in [0.1, 0.15) is 79.7 Å². The lowest BCUT2D eigenvalue weighted by molar-refractivity contribution is -0.186. The normalized spacial score (nSPS) is 31.4. The van der Waals surface area contributed by atoms with Gasteiger partial charge in [-0.1, -0.05) is 30.3 Å². The van der Waals surface area contributed by atoms with Crippen molar-refractivity contribution in [3.05, 3.63) is 58.1 Å². The molecular formula is C32H38O5. The molecule has 1 aliphatic heterocycles. The number of carbonyl (C=O) groups is 2. The minimum Gasteiger partial charge on any atom is -0.488 e. The van der Waals surface area contributed by atoms with Crippen LogP contribution in [-0.2, 0) is 27.4 Å². The predicted molar refractivity (Wildman–Crippen MR) is 140 cm³/mol. The van der Waals surface area contributed by atoms with E-state index in [-0.39, 0.29) is 5.97 Å². The average Bonchev–Trinajstić information content (AvgIpc) is 2.87. The number of hydrogen-bond acceptors (Lipinski definition) is 5. The molecule has 7 rings (SSSR count). The van der Waals surface area contributed by atoms with Gasteiger partial charge in [0.2, 0.25) is 5.60 Å². The Morgan fingerprint density at radius 2 is 1.51 bits per heavy atom. The summed E-state index contributed by atoms with van der Waals surface area (Å²) in [7, 11) is 0. The zero-order valence-corrected chi connectivity index (χ0v) is 22.5. The molecular weight excluding hydrogens is 464 g/mol. The third-order valence-corrected chi connectivity index (χ3v) is 9.80. The van der Waals surface area contributed by atoms with Crippen molar-refractivity contribution in [2.24, 2.45) is 23.2 Å². The first-order valence-corrected chi connectivity index (χ1v) is 13.9. The Hall–Kier alpha value is -2.82. The number of benzene rings is 2. The monoisotopic (exact) mass is 502 g/mol. The van der Waals surface area contributed by atoms with E-state index in [1.54, 1.807) is 6.92 Å². The molecule has 37 heavy (non-hydrogen) atoms. The van der Waals surface area contributed by atoms with Crippen molar-refractivity contribution >= 4 is 11.9 Å². The highest BCUT2D eigenvalue weighted by Gasteiger charge is 2.57. The van der Waals surface area contributed by atoms with Gasteiger partial charge in [-0.3, -0.25) is 4.79 Å². The second kappa shape index (κ2) is 8.89. The van der Waals surface area contributed by atoms with Crippen molar-refractivity contribution in [1.29, 1.82) is 0 Å². The Balaban J connectivity index is 1.19. The summed E-state index contributed by atoms with van der Waals surface area (Å²) in [6.45, 7) is 8.38. The van der Waals surface area contributed by atoms with E-state index in [1.807, 2.05) is 32.0 Å². The van der Waals surface area contributed by atoms with E-state index in [9.17, 15) is 9.59 Å². The highest BCUT2D eigenvalue weighted by molar-refractivity contribution is 5.93. The van der Waals surface area contributed by atoms with Crippen molar-refractivity contribution in [2.75, 3.05) is 0 Å². The molecule has 5 aliphatic rings. The van der Waals surface area contributed by atoms with E-state index in [0.717, 1.165) is 58.6 Å². The summed E-state index contributed by atoms with van der Waals surface area (Å²) in [6.07, 6.45) is 7.52. The summed E-state index contributed by atoms with van der Waals surface area (Å²) in [5.74, 6) is 2.62. The number of carbonyl (C=O) groups excluding carboxylic acids is 2. The molecule has 0 saturated heterocycles. The highest BCUT2D eigenvalue weighted by atomic mass is 16.6. The van der Waals surface area contributed by atoms with Crippen LogP contribution in [0.25, 0.3) is 0 Å². The summed E-state index contributed by atoms with van der Waals surface area (Å²) in [5.41, 5.74) is 3.58. The molecule has 2 aromatic carbocycles. The molecule has 4 aliphatic carbocycles. The largest absolute Gasteiger partial charge is 0.488 e. The van der Waals surface area contributed by atoms with E-state index in [2.05, 4.69) is 19.1 Å².